The normalized spacial score (nSPS) is 18.8. The fourth-order valence-corrected chi connectivity index (χ4v) is 5.79. The van der Waals surface area contributed by atoms with Crippen LogP contribution in [0.3, 0.4) is 0 Å². The van der Waals surface area contributed by atoms with E-state index in [-0.39, 0.29) is 12.4 Å². The van der Waals surface area contributed by atoms with E-state index >= 15 is 0 Å². The molecule has 1 N–H and O–H groups in total. The van der Waals surface area contributed by atoms with Crippen molar-refractivity contribution in [2.24, 2.45) is 11.8 Å². The number of ether oxygens (including phenoxy) is 1. The van der Waals surface area contributed by atoms with Crippen molar-refractivity contribution in [1.82, 2.24) is 9.78 Å². The fourth-order valence-electron chi connectivity index (χ4n) is 5.23. The zero-order valence-electron chi connectivity index (χ0n) is 22.3. The minimum absolute atomic E-state index is 0.0682. The smallest absolute Gasteiger partial charge is 0.151 e. The Morgan fingerprint density at radius 2 is 1.68 bits per heavy atom. The first-order valence-electron chi connectivity index (χ1n) is 13.3. The zero-order valence-corrected chi connectivity index (χ0v) is 23.1. The summed E-state index contributed by atoms with van der Waals surface area (Å²) >= 11 is 0. The minimum atomic E-state index is -3.15. The third kappa shape index (κ3) is 7.40. The van der Waals surface area contributed by atoms with Gasteiger partial charge in [0, 0.05) is 36.0 Å². The summed E-state index contributed by atoms with van der Waals surface area (Å²) < 4.78 is 32.0. The fraction of sp³-hybridized carbons (Fsp3) is 0.467. The largest absolute Gasteiger partial charge is 0.393 e. The van der Waals surface area contributed by atoms with Crippen molar-refractivity contribution in [3.05, 3.63) is 65.9 Å². The van der Waals surface area contributed by atoms with Gasteiger partial charge in [0.1, 0.15) is 21.6 Å². The van der Waals surface area contributed by atoms with Crippen LogP contribution in [0.4, 0.5) is 0 Å². The third-order valence-corrected chi connectivity index (χ3v) is 8.38. The van der Waals surface area contributed by atoms with Crippen LogP contribution in [0.1, 0.15) is 36.9 Å². The monoisotopic (exact) mass is 538 g/mol. The number of aliphatic hydroxyl groups is 1. The molecule has 1 aliphatic carbocycles. The Bertz CT molecular complexity index is 1290. The first-order chi connectivity index (χ1) is 18.3. The molecule has 1 aliphatic rings. The van der Waals surface area contributed by atoms with Gasteiger partial charge in [-0.25, -0.2) is 8.42 Å². The predicted octanol–water partition coefficient (Wildman–Crippen LogP) is 4.50. The second-order valence-corrected chi connectivity index (χ2v) is 12.8. The van der Waals surface area contributed by atoms with Crippen LogP contribution in [0.15, 0.2) is 54.6 Å². The second kappa shape index (κ2) is 12.8. The molecular formula is C30H38N2O5S. The van der Waals surface area contributed by atoms with Crippen molar-refractivity contribution in [1.29, 1.82) is 0 Å². The number of aliphatic hydroxyl groups excluding tert-OH is 1. The molecule has 1 heterocycles. The summed E-state index contributed by atoms with van der Waals surface area (Å²) in [6.07, 6.45) is 5.57. The van der Waals surface area contributed by atoms with Gasteiger partial charge < -0.3 is 14.6 Å². The summed E-state index contributed by atoms with van der Waals surface area (Å²) in [5.74, 6) is 0.849. The van der Waals surface area contributed by atoms with Gasteiger partial charge in [0.2, 0.25) is 0 Å². The lowest BCUT2D eigenvalue weighted by Gasteiger charge is -2.29. The van der Waals surface area contributed by atoms with Crippen LogP contribution in [0.5, 0.6) is 0 Å². The molecule has 7 nitrogen and oxygen atoms in total. The lowest BCUT2D eigenvalue weighted by molar-refractivity contribution is -0.121. The maximum atomic E-state index is 12.2. The van der Waals surface area contributed by atoms with Crippen LogP contribution in [0.25, 0.3) is 22.4 Å². The average Bonchev–Trinajstić information content (AvgIpc) is 3.27. The van der Waals surface area contributed by atoms with Crippen LogP contribution in [-0.2, 0) is 32.3 Å². The van der Waals surface area contributed by atoms with Crippen LogP contribution in [0, 0.1) is 18.8 Å². The number of hydrogen-bond donors (Lipinski definition) is 1. The van der Waals surface area contributed by atoms with E-state index in [2.05, 4.69) is 48.0 Å². The van der Waals surface area contributed by atoms with Gasteiger partial charge in [0.15, 0.2) is 6.29 Å². The molecule has 0 saturated heterocycles. The van der Waals surface area contributed by atoms with E-state index < -0.39 is 15.9 Å². The molecule has 0 bridgehead atoms. The lowest BCUT2D eigenvalue weighted by Crippen LogP contribution is -2.27. The molecule has 1 fully saturated rings. The number of carbonyl (C=O) groups is 1. The highest BCUT2D eigenvalue weighted by atomic mass is 32.2. The number of nitrogens with zero attached hydrogens (tertiary/aromatic N) is 2. The van der Waals surface area contributed by atoms with Gasteiger partial charge in [-0.1, -0.05) is 60.2 Å². The van der Waals surface area contributed by atoms with Gasteiger partial charge in [-0.15, -0.1) is 0 Å². The van der Waals surface area contributed by atoms with Gasteiger partial charge in [-0.2, -0.15) is 5.10 Å². The molecular weight excluding hydrogens is 500 g/mol. The Labute approximate surface area is 225 Å². The number of hydrogen-bond acceptors (Lipinski definition) is 6. The van der Waals surface area contributed by atoms with E-state index in [0.717, 1.165) is 60.3 Å². The molecule has 1 atom stereocenters. The number of rotatable bonds is 12. The first-order valence-corrected chi connectivity index (χ1v) is 15.4. The van der Waals surface area contributed by atoms with E-state index in [0.29, 0.717) is 31.1 Å². The quantitative estimate of drug-likeness (QED) is 0.341. The zero-order chi connectivity index (χ0) is 27.1. The lowest BCUT2D eigenvalue weighted by atomic mass is 9.82. The molecule has 0 amide bonds. The van der Waals surface area contributed by atoms with Crippen LogP contribution >= 0.6 is 0 Å². The van der Waals surface area contributed by atoms with Gasteiger partial charge in [0.25, 0.3) is 0 Å². The number of aryl methyl sites for hydroxylation is 1. The number of carbonyl (C=O) groups excluding carboxylic acids is 1. The van der Waals surface area contributed by atoms with Crippen LogP contribution in [-0.4, -0.2) is 60.9 Å². The van der Waals surface area contributed by atoms with Crippen LogP contribution in [0.2, 0.25) is 0 Å². The van der Waals surface area contributed by atoms with E-state index in [9.17, 15) is 18.3 Å². The molecule has 0 radical (unpaired) electrons. The highest BCUT2D eigenvalue weighted by molar-refractivity contribution is 7.90. The molecule has 1 saturated carbocycles. The summed E-state index contributed by atoms with van der Waals surface area (Å²) in [6, 6.07) is 18.4. The van der Waals surface area contributed by atoms with Crippen molar-refractivity contribution in [3.63, 3.8) is 0 Å². The molecule has 8 heteroatoms. The standard InChI is InChI=1S/C30H38N2O5S/c1-22-8-14-26(15-9-22)30-29(25-6-4-3-5-7-25)28(16-17-38(2,35)36)32(31-30)18-23-10-12-24(13-11-23)21-37-27(19-33)20-34/h3-9,14-15,19,23-24,27,34H,10-13,16-18,20-21H2,1-2H3/t23-,24+,27?. The molecule has 3 aromatic rings. The van der Waals surface area contributed by atoms with E-state index in [1.54, 1.807) is 0 Å². The number of sulfone groups is 1. The molecule has 0 spiro atoms. The van der Waals surface area contributed by atoms with Gasteiger partial charge in [-0.3, -0.25) is 4.68 Å². The Hall–Kier alpha value is -2.81. The Balaban J connectivity index is 1.62. The van der Waals surface area contributed by atoms with Crippen molar-refractivity contribution in [2.75, 3.05) is 25.2 Å². The summed E-state index contributed by atoms with van der Waals surface area (Å²) in [5.41, 5.74) is 6.07. The molecule has 2 aromatic carbocycles. The Kier molecular flexibility index (Phi) is 9.52. The van der Waals surface area contributed by atoms with Crippen molar-refractivity contribution < 1.29 is 23.1 Å². The summed E-state index contributed by atoms with van der Waals surface area (Å²) in [4.78, 5) is 10.9. The molecule has 4 rings (SSSR count). The summed E-state index contributed by atoms with van der Waals surface area (Å²) in [7, 11) is -3.15. The summed E-state index contributed by atoms with van der Waals surface area (Å²) in [6.45, 7) is 2.98. The summed E-state index contributed by atoms with van der Waals surface area (Å²) in [5, 5.41) is 14.3. The molecule has 204 valence electrons. The number of benzene rings is 2. The highest BCUT2D eigenvalue weighted by Crippen LogP contribution is 2.37. The van der Waals surface area contributed by atoms with Crippen LogP contribution < -0.4 is 0 Å². The van der Waals surface area contributed by atoms with Gasteiger partial charge in [0.05, 0.1) is 19.0 Å². The van der Waals surface area contributed by atoms with Gasteiger partial charge >= 0.3 is 0 Å². The Morgan fingerprint density at radius 3 is 2.29 bits per heavy atom. The second-order valence-electron chi connectivity index (χ2n) is 10.5. The molecule has 1 unspecified atom stereocenters. The third-order valence-electron chi connectivity index (χ3n) is 7.43. The minimum Gasteiger partial charge on any atom is -0.393 e. The molecule has 1 aromatic heterocycles. The highest BCUT2D eigenvalue weighted by Gasteiger charge is 2.26. The van der Waals surface area contributed by atoms with Gasteiger partial charge in [-0.05, 0) is 50.0 Å². The van der Waals surface area contributed by atoms with Crippen molar-refractivity contribution >= 4 is 16.1 Å². The van der Waals surface area contributed by atoms with Crippen molar-refractivity contribution in [2.45, 2.75) is 51.7 Å². The average molecular weight is 539 g/mol. The molecule has 38 heavy (non-hydrogen) atoms. The maximum absolute atomic E-state index is 12.2. The maximum Gasteiger partial charge on any atom is 0.151 e. The van der Waals surface area contributed by atoms with E-state index in [1.807, 2.05) is 18.2 Å². The van der Waals surface area contributed by atoms with E-state index in [4.69, 9.17) is 9.84 Å². The number of aldehydes is 1. The Morgan fingerprint density at radius 1 is 1.03 bits per heavy atom. The SMILES string of the molecule is Cc1ccc(-c2nn(C[C@H]3CC[C@@H](COC(C=O)CO)CC3)c(CCS(C)(=O)=O)c2-c2ccccc2)cc1. The molecule has 0 aliphatic heterocycles. The number of aromatic nitrogens is 2. The first kappa shape index (κ1) is 28.2. The van der Waals surface area contributed by atoms with E-state index in [1.165, 1.54) is 11.8 Å². The predicted molar refractivity (Wildman–Crippen MR) is 150 cm³/mol. The topological polar surface area (TPSA) is 98.5 Å². The van der Waals surface area contributed by atoms with Crippen molar-refractivity contribution in [3.8, 4) is 22.4 Å².